The van der Waals surface area contributed by atoms with Crippen LogP contribution in [0.1, 0.15) is 36.0 Å². The van der Waals surface area contributed by atoms with Crippen molar-refractivity contribution in [1.82, 2.24) is 14.9 Å². The number of carbonyl (C=O) groups is 2. The summed E-state index contributed by atoms with van der Waals surface area (Å²) in [4.78, 5) is 26.3. The number of hydrogen-bond donors (Lipinski definition) is 2. The van der Waals surface area contributed by atoms with E-state index in [1.807, 2.05) is 0 Å². The standard InChI is InChI=1S/C24H26ClN3O6S/c25-17-2-6-19(7-3-17)35(31,32)28-11-9-15(10-12-28)22(24(30)26-18-4-5-18)27-23(29)16-1-8-20-21(13-16)34-14-33-20/h1-3,6-8,13,15,18,22H,4-5,9-12,14H2,(H,26,30)(H,27,29). The van der Waals surface area contributed by atoms with Gasteiger partial charge in [0.05, 0.1) is 4.90 Å². The minimum Gasteiger partial charge on any atom is -0.454 e. The Bertz CT molecular complexity index is 1220. The third-order valence-electron chi connectivity index (χ3n) is 6.55. The van der Waals surface area contributed by atoms with Gasteiger partial charge in [-0.05, 0) is 74.1 Å². The van der Waals surface area contributed by atoms with Crippen LogP contribution in [-0.4, -0.2) is 56.5 Å². The molecule has 2 aromatic rings. The number of nitrogens with zero attached hydrogens (tertiary/aromatic N) is 1. The highest BCUT2D eigenvalue weighted by Crippen LogP contribution is 2.33. The monoisotopic (exact) mass is 519 g/mol. The zero-order chi connectivity index (χ0) is 24.6. The first kappa shape index (κ1) is 23.9. The molecule has 1 saturated heterocycles. The Labute approximate surface area is 208 Å². The van der Waals surface area contributed by atoms with Gasteiger partial charge in [-0.15, -0.1) is 0 Å². The van der Waals surface area contributed by atoms with Crippen LogP contribution in [0.3, 0.4) is 0 Å². The zero-order valence-corrected chi connectivity index (χ0v) is 20.5. The Balaban J connectivity index is 1.28. The van der Waals surface area contributed by atoms with E-state index in [0.29, 0.717) is 34.9 Å². The van der Waals surface area contributed by atoms with Crippen LogP contribution < -0.4 is 20.1 Å². The van der Waals surface area contributed by atoms with Crippen molar-refractivity contribution >= 4 is 33.4 Å². The highest BCUT2D eigenvalue weighted by molar-refractivity contribution is 7.89. The molecule has 9 nitrogen and oxygen atoms in total. The van der Waals surface area contributed by atoms with E-state index in [9.17, 15) is 18.0 Å². The van der Waals surface area contributed by atoms with Crippen molar-refractivity contribution in [2.45, 2.75) is 42.7 Å². The molecule has 0 radical (unpaired) electrons. The molecule has 1 atom stereocenters. The summed E-state index contributed by atoms with van der Waals surface area (Å²) in [6, 6.07) is 10.3. The summed E-state index contributed by atoms with van der Waals surface area (Å²) in [6.07, 6.45) is 2.73. The molecular weight excluding hydrogens is 494 g/mol. The fourth-order valence-electron chi connectivity index (χ4n) is 4.38. The largest absolute Gasteiger partial charge is 0.454 e. The lowest BCUT2D eigenvalue weighted by molar-refractivity contribution is -0.124. The smallest absolute Gasteiger partial charge is 0.252 e. The second-order valence-corrected chi connectivity index (χ2v) is 11.4. The molecule has 0 bridgehead atoms. The van der Waals surface area contributed by atoms with Gasteiger partial charge >= 0.3 is 0 Å². The topological polar surface area (TPSA) is 114 Å². The number of benzene rings is 2. The van der Waals surface area contributed by atoms with Crippen molar-refractivity contribution in [2.75, 3.05) is 19.9 Å². The average molecular weight is 520 g/mol. The van der Waals surface area contributed by atoms with Crippen molar-refractivity contribution in [1.29, 1.82) is 0 Å². The maximum absolute atomic E-state index is 13.1. The van der Waals surface area contributed by atoms with Crippen LogP contribution in [0.5, 0.6) is 11.5 Å². The molecule has 0 aromatic heterocycles. The molecule has 35 heavy (non-hydrogen) atoms. The minimum atomic E-state index is -3.67. The summed E-state index contributed by atoms with van der Waals surface area (Å²) in [7, 11) is -3.67. The number of nitrogens with one attached hydrogen (secondary N) is 2. The van der Waals surface area contributed by atoms with E-state index in [4.69, 9.17) is 21.1 Å². The molecule has 3 aliphatic rings. The Morgan fingerprint density at radius 3 is 2.34 bits per heavy atom. The summed E-state index contributed by atoms with van der Waals surface area (Å²) >= 11 is 5.89. The normalized spacial score (nSPS) is 19.2. The van der Waals surface area contributed by atoms with Crippen molar-refractivity contribution in [3.05, 3.63) is 53.1 Å². The van der Waals surface area contributed by atoms with Gasteiger partial charge in [0, 0.05) is 29.7 Å². The lowest BCUT2D eigenvalue weighted by atomic mass is 9.89. The number of amides is 2. The Morgan fingerprint density at radius 1 is 0.971 bits per heavy atom. The van der Waals surface area contributed by atoms with Crippen LogP contribution >= 0.6 is 11.6 Å². The average Bonchev–Trinajstić information content (AvgIpc) is 3.54. The van der Waals surface area contributed by atoms with E-state index in [2.05, 4.69) is 10.6 Å². The number of halogens is 1. The van der Waals surface area contributed by atoms with Crippen molar-refractivity contribution < 1.29 is 27.5 Å². The molecule has 1 unspecified atom stereocenters. The fourth-order valence-corrected chi connectivity index (χ4v) is 5.98. The first-order valence-corrected chi connectivity index (χ1v) is 13.4. The minimum absolute atomic E-state index is 0.102. The molecule has 2 N–H and O–H groups in total. The van der Waals surface area contributed by atoms with Gasteiger partial charge in [0.2, 0.25) is 22.7 Å². The predicted octanol–water partition coefficient (Wildman–Crippen LogP) is 2.55. The number of carbonyl (C=O) groups excluding carboxylic acids is 2. The summed E-state index contributed by atoms with van der Waals surface area (Å²) in [5.41, 5.74) is 0.362. The Hall–Kier alpha value is -2.82. The number of hydrogen-bond acceptors (Lipinski definition) is 6. The van der Waals surface area contributed by atoms with Gasteiger partial charge in [0.15, 0.2) is 11.5 Å². The van der Waals surface area contributed by atoms with Crippen LogP contribution in [0.25, 0.3) is 0 Å². The number of piperidine rings is 1. The molecule has 2 fully saturated rings. The highest BCUT2D eigenvalue weighted by Gasteiger charge is 2.38. The molecule has 11 heteroatoms. The van der Waals surface area contributed by atoms with E-state index in [-0.39, 0.29) is 42.6 Å². The zero-order valence-electron chi connectivity index (χ0n) is 18.9. The first-order valence-electron chi connectivity index (χ1n) is 11.6. The quantitative estimate of drug-likeness (QED) is 0.581. The number of ether oxygens (including phenoxy) is 2. The second kappa shape index (κ2) is 9.67. The van der Waals surface area contributed by atoms with E-state index < -0.39 is 22.0 Å². The molecule has 2 heterocycles. The van der Waals surface area contributed by atoms with E-state index in [1.54, 1.807) is 30.3 Å². The molecular formula is C24H26ClN3O6S. The van der Waals surface area contributed by atoms with Crippen molar-refractivity contribution in [3.63, 3.8) is 0 Å². The third kappa shape index (κ3) is 5.24. The van der Waals surface area contributed by atoms with Crippen LogP contribution in [0, 0.1) is 5.92 Å². The predicted molar refractivity (Wildman–Crippen MR) is 128 cm³/mol. The molecule has 2 amide bonds. The summed E-state index contributed by atoms with van der Waals surface area (Å²) < 4.78 is 38.1. The van der Waals surface area contributed by atoms with Crippen LogP contribution in [-0.2, 0) is 14.8 Å². The van der Waals surface area contributed by atoms with E-state index in [0.717, 1.165) is 12.8 Å². The van der Waals surface area contributed by atoms with Crippen LogP contribution in [0.2, 0.25) is 5.02 Å². The van der Waals surface area contributed by atoms with Gasteiger partial charge in [-0.1, -0.05) is 11.6 Å². The van der Waals surface area contributed by atoms with E-state index in [1.165, 1.54) is 16.4 Å². The summed E-state index contributed by atoms with van der Waals surface area (Å²) in [5, 5.41) is 6.33. The molecule has 1 aliphatic carbocycles. The molecule has 1 saturated carbocycles. The molecule has 186 valence electrons. The van der Waals surface area contributed by atoms with Crippen molar-refractivity contribution in [3.8, 4) is 11.5 Å². The van der Waals surface area contributed by atoms with Gasteiger partial charge in [-0.3, -0.25) is 9.59 Å². The summed E-state index contributed by atoms with van der Waals surface area (Å²) in [6.45, 7) is 0.607. The van der Waals surface area contributed by atoms with Gasteiger partial charge in [0.1, 0.15) is 6.04 Å². The molecule has 0 spiro atoms. The molecule has 2 aromatic carbocycles. The summed E-state index contributed by atoms with van der Waals surface area (Å²) in [5.74, 6) is 0.218. The van der Waals surface area contributed by atoms with Gasteiger partial charge in [-0.2, -0.15) is 4.31 Å². The third-order valence-corrected chi connectivity index (χ3v) is 8.71. The number of sulfonamides is 1. The van der Waals surface area contributed by atoms with Gasteiger partial charge in [-0.25, -0.2) is 8.42 Å². The number of fused-ring (bicyclic) bond motifs is 1. The van der Waals surface area contributed by atoms with Crippen molar-refractivity contribution in [2.24, 2.45) is 5.92 Å². The Morgan fingerprint density at radius 2 is 1.66 bits per heavy atom. The second-order valence-electron chi connectivity index (χ2n) is 9.00. The Kier molecular flexibility index (Phi) is 6.61. The number of rotatable bonds is 7. The fraction of sp³-hybridized carbons (Fsp3) is 0.417. The molecule has 2 aliphatic heterocycles. The van der Waals surface area contributed by atoms with Crippen LogP contribution in [0.15, 0.2) is 47.4 Å². The van der Waals surface area contributed by atoms with Gasteiger partial charge in [0.25, 0.3) is 5.91 Å². The van der Waals surface area contributed by atoms with Gasteiger partial charge < -0.3 is 20.1 Å². The maximum atomic E-state index is 13.1. The highest BCUT2D eigenvalue weighted by atomic mass is 35.5. The SMILES string of the molecule is O=C(NC(C(=O)NC1CC1)C1CCN(S(=O)(=O)c2ccc(Cl)cc2)CC1)c1ccc2c(c1)OCO2. The van der Waals surface area contributed by atoms with Crippen LogP contribution in [0.4, 0.5) is 0 Å². The maximum Gasteiger partial charge on any atom is 0.252 e. The lowest BCUT2D eigenvalue weighted by Gasteiger charge is -2.35. The first-order chi connectivity index (χ1) is 16.8. The lowest BCUT2D eigenvalue weighted by Crippen LogP contribution is -2.54. The van der Waals surface area contributed by atoms with E-state index >= 15 is 0 Å². The molecule has 5 rings (SSSR count).